The van der Waals surface area contributed by atoms with Crippen LogP contribution in [-0.2, 0) is 14.3 Å². The minimum Gasteiger partial charge on any atom is -0.465 e. The number of carbonyl (C=O) groups excluding carboxylic acids is 3. The third-order valence-corrected chi connectivity index (χ3v) is 16.5. The number of nitrogens with zero attached hydrogens (tertiary/aromatic N) is 5. The van der Waals surface area contributed by atoms with Crippen LogP contribution in [0.3, 0.4) is 0 Å². The van der Waals surface area contributed by atoms with Crippen LogP contribution in [0.1, 0.15) is 121 Å². The van der Waals surface area contributed by atoms with Gasteiger partial charge >= 0.3 is 12.2 Å². The molecule has 4 atom stereocenters. The summed E-state index contributed by atoms with van der Waals surface area (Å²) >= 11 is 11.5. The van der Waals surface area contributed by atoms with Gasteiger partial charge in [-0.25, -0.2) is 19.6 Å². The number of alkyl carbamates (subject to hydrolysis) is 1. The lowest BCUT2D eigenvalue weighted by Crippen LogP contribution is -2.51. The topological polar surface area (TPSA) is 191 Å². The van der Waals surface area contributed by atoms with E-state index in [2.05, 4.69) is 152 Å². The van der Waals surface area contributed by atoms with Crippen molar-refractivity contribution in [2.75, 3.05) is 20.2 Å². The summed E-state index contributed by atoms with van der Waals surface area (Å²) in [5.74, 6) is 1.14. The molecule has 15 nitrogen and oxygen atoms in total. The first-order chi connectivity index (χ1) is 35.1. The molecule has 3 aromatic carbocycles. The molecule has 3 aliphatic rings. The number of imidazole rings is 2. The van der Waals surface area contributed by atoms with E-state index >= 15 is 0 Å². The first kappa shape index (κ1) is 52.2. The summed E-state index contributed by atoms with van der Waals surface area (Å²) in [5.41, 5.74) is 9.65. The number of amides is 4. The van der Waals surface area contributed by atoms with Crippen LogP contribution < -0.4 is 10.6 Å². The summed E-state index contributed by atoms with van der Waals surface area (Å²) in [7, 11) is 1.29. The molecular formula is C55H62Br3N9O6. The van der Waals surface area contributed by atoms with E-state index in [-0.39, 0.29) is 35.7 Å². The molecule has 2 aliphatic heterocycles. The number of likely N-dealkylation sites (tertiary alicyclic amines) is 2. The number of carbonyl (C=O) groups is 4. The van der Waals surface area contributed by atoms with Crippen molar-refractivity contribution in [3.05, 3.63) is 110 Å². The van der Waals surface area contributed by atoms with Crippen molar-refractivity contribution in [1.29, 1.82) is 0 Å². The fraction of sp³-hybridized carbons (Fsp3) is 0.418. The summed E-state index contributed by atoms with van der Waals surface area (Å²) in [5, 5.41) is 14.6. The van der Waals surface area contributed by atoms with E-state index in [1.807, 2.05) is 32.6 Å². The molecule has 0 radical (unpaired) electrons. The van der Waals surface area contributed by atoms with Crippen molar-refractivity contribution >= 4 is 71.8 Å². The molecule has 5 heterocycles. The highest BCUT2D eigenvalue weighted by atomic mass is 79.9. The largest absolute Gasteiger partial charge is 0.465 e. The average molecular weight is 1180 g/mol. The lowest BCUT2D eigenvalue weighted by Gasteiger charge is -2.29. The van der Waals surface area contributed by atoms with Crippen molar-refractivity contribution < 1.29 is 29.0 Å². The number of halogens is 3. The Morgan fingerprint density at radius 2 is 1.12 bits per heavy atom. The van der Waals surface area contributed by atoms with Crippen LogP contribution in [-0.4, -0.2) is 95.7 Å². The Kier molecular flexibility index (Phi) is 16.0. The minimum absolute atomic E-state index is 0.138. The maximum Gasteiger partial charge on any atom is 0.407 e. The number of H-pyrrole nitrogens is 2. The van der Waals surface area contributed by atoms with Gasteiger partial charge in [-0.1, -0.05) is 108 Å². The molecule has 1 saturated carbocycles. The number of aromatic amines is 2. The zero-order valence-corrected chi connectivity index (χ0v) is 46.4. The van der Waals surface area contributed by atoms with E-state index in [1.54, 1.807) is 4.90 Å². The molecule has 3 aromatic heterocycles. The normalized spacial score (nSPS) is 18.1. The number of carboxylic acid groups (broad SMARTS) is 1. The second-order valence-electron chi connectivity index (χ2n) is 20.1. The fourth-order valence-electron chi connectivity index (χ4n) is 10.9. The Bertz CT molecular complexity index is 2960. The number of nitrogens with one attached hydrogen (secondary N) is 4. The number of hydrogen-bond donors (Lipinski definition) is 5. The van der Waals surface area contributed by atoms with Crippen molar-refractivity contribution in [1.82, 2.24) is 44.9 Å². The van der Waals surface area contributed by atoms with Gasteiger partial charge in [-0.15, -0.1) is 0 Å². The summed E-state index contributed by atoms with van der Waals surface area (Å²) in [6, 6.07) is 25.8. The molecule has 6 aromatic rings. The van der Waals surface area contributed by atoms with Crippen LogP contribution in [0.15, 0.2) is 92.5 Å². The molecule has 73 heavy (non-hydrogen) atoms. The Balaban J connectivity index is 1.01. The van der Waals surface area contributed by atoms with E-state index in [9.17, 15) is 24.3 Å². The molecule has 0 unspecified atom stereocenters. The molecule has 4 amide bonds. The quantitative estimate of drug-likeness (QED) is 0.0712. The van der Waals surface area contributed by atoms with Crippen LogP contribution >= 0.6 is 47.8 Å². The van der Waals surface area contributed by atoms with Crippen molar-refractivity contribution in [2.24, 2.45) is 11.8 Å². The summed E-state index contributed by atoms with van der Waals surface area (Å²) in [6.45, 7) is 8.57. The van der Waals surface area contributed by atoms with Gasteiger partial charge in [0.15, 0.2) is 0 Å². The van der Waals surface area contributed by atoms with Crippen LogP contribution in [0.5, 0.6) is 0 Å². The van der Waals surface area contributed by atoms with Crippen molar-refractivity contribution in [3.63, 3.8) is 0 Å². The van der Waals surface area contributed by atoms with Gasteiger partial charge < -0.3 is 44.8 Å². The van der Waals surface area contributed by atoms with Crippen LogP contribution in [0, 0.1) is 11.8 Å². The van der Waals surface area contributed by atoms with Crippen LogP contribution in [0.25, 0.3) is 50.7 Å². The molecule has 384 valence electrons. The number of hydrogen-bond acceptors (Lipinski definition) is 7. The number of ether oxygens (including phenoxy) is 1. The van der Waals surface area contributed by atoms with Gasteiger partial charge in [-0.05, 0) is 139 Å². The van der Waals surface area contributed by atoms with Gasteiger partial charge in [-0.2, -0.15) is 0 Å². The van der Waals surface area contributed by atoms with E-state index in [4.69, 9.17) is 14.7 Å². The van der Waals surface area contributed by atoms with Gasteiger partial charge in [-0.3, -0.25) is 9.59 Å². The lowest BCUT2D eigenvalue weighted by molar-refractivity contribution is -0.136. The Labute approximate surface area is 451 Å². The highest BCUT2D eigenvalue weighted by molar-refractivity contribution is 9.11. The second kappa shape index (κ2) is 22.4. The molecule has 2 saturated heterocycles. The predicted octanol–water partition coefficient (Wildman–Crippen LogP) is 12.9. The lowest BCUT2D eigenvalue weighted by atomic mass is 9.84. The monoisotopic (exact) mass is 1180 g/mol. The molecular weight excluding hydrogens is 1120 g/mol. The number of methoxy groups -OCH3 is 1. The summed E-state index contributed by atoms with van der Waals surface area (Å²) in [4.78, 5) is 71.8. The number of aromatic nitrogens is 5. The smallest absolute Gasteiger partial charge is 0.407 e. The summed E-state index contributed by atoms with van der Waals surface area (Å²) < 4.78 is 9.48. The van der Waals surface area contributed by atoms with Crippen molar-refractivity contribution in [2.45, 2.75) is 116 Å². The number of benzene rings is 3. The van der Waals surface area contributed by atoms with Gasteiger partial charge in [0.1, 0.15) is 44.3 Å². The molecule has 5 N–H and O–H groups in total. The van der Waals surface area contributed by atoms with Gasteiger partial charge in [0.05, 0.1) is 30.6 Å². The molecule has 0 spiro atoms. The molecule has 18 heteroatoms. The summed E-state index contributed by atoms with van der Waals surface area (Å²) in [6.07, 6.45) is 7.46. The Hall–Kier alpha value is -5.72. The second-order valence-corrected chi connectivity index (χ2v) is 22.6. The van der Waals surface area contributed by atoms with Crippen LogP contribution in [0.2, 0.25) is 0 Å². The molecule has 1 aliphatic carbocycles. The zero-order chi connectivity index (χ0) is 51.7. The van der Waals surface area contributed by atoms with Gasteiger partial charge in [0, 0.05) is 34.4 Å². The fourth-order valence-corrected chi connectivity index (χ4v) is 12.6. The van der Waals surface area contributed by atoms with Crippen LogP contribution in [0.4, 0.5) is 9.59 Å². The van der Waals surface area contributed by atoms with E-state index in [0.29, 0.717) is 41.7 Å². The third kappa shape index (κ3) is 10.9. The number of rotatable bonds is 14. The predicted molar refractivity (Wildman–Crippen MR) is 292 cm³/mol. The standard InChI is InChI=1S/C55H62Br3N9O6/c1-30(2)43(61-54(70)71)52(68)65-27-9-13-40(65)50-59-45(48(57)63-50)35-17-15-34(16-18-35)42-29-39(56)47(67(42)38-25-23-33(24-26-38)32-11-7-6-8-12-32)37-21-19-36(20-22-37)46-49(58)64-51(60-46)41-14-10-28-66(41)53(69)44(31(3)4)62-55(72)73-5/h15-26,29-32,40-41,43-44,61H,6-14,27-28H2,1-5H3,(H,59,63)(H,60,64)(H,62,72)(H,70,71)/t40-,41-,43-,44-/m0/s1. The minimum atomic E-state index is -1.22. The Morgan fingerprint density at radius 3 is 1.60 bits per heavy atom. The highest BCUT2D eigenvalue weighted by Crippen LogP contribution is 2.43. The van der Waals surface area contributed by atoms with E-state index in [0.717, 1.165) is 79.1 Å². The third-order valence-electron chi connectivity index (χ3n) is 14.7. The SMILES string of the molecule is COC(=O)N[C@H](C(=O)N1CCC[C@H]1c1nc(-c2ccc(-c3c(Br)cc(-c4ccc(-c5nc([C@@H]6CCCN6C(=O)[C@@H](NC(=O)O)C(C)C)[nH]c5Br)cc4)n3-c3ccc(C4CCCCC4)cc3)cc2)c(Br)[nH]1)C(C)C. The van der Waals surface area contributed by atoms with E-state index < -0.39 is 24.3 Å². The van der Waals surface area contributed by atoms with Gasteiger partial charge in [0.2, 0.25) is 11.8 Å². The Morgan fingerprint density at radius 1 is 0.644 bits per heavy atom. The first-order valence-corrected chi connectivity index (χ1v) is 27.7. The first-order valence-electron chi connectivity index (χ1n) is 25.3. The van der Waals surface area contributed by atoms with E-state index in [1.165, 1.54) is 44.8 Å². The molecule has 9 rings (SSSR count). The maximum atomic E-state index is 13.9. The van der Waals surface area contributed by atoms with Crippen molar-refractivity contribution in [3.8, 4) is 50.7 Å². The zero-order valence-electron chi connectivity index (χ0n) is 41.7. The average Bonchev–Trinajstić information content (AvgIpc) is 4.26. The molecule has 0 bridgehead atoms. The maximum absolute atomic E-state index is 13.9. The van der Waals surface area contributed by atoms with Gasteiger partial charge in [0.25, 0.3) is 0 Å². The molecule has 3 fully saturated rings. The highest BCUT2D eigenvalue weighted by Gasteiger charge is 2.39.